The van der Waals surface area contributed by atoms with Crippen LogP contribution in [0.3, 0.4) is 0 Å². The molecule has 2 rings (SSSR count). The Labute approximate surface area is 140 Å². The minimum atomic E-state index is -0.244. The third-order valence-electron chi connectivity index (χ3n) is 2.92. The summed E-state index contributed by atoms with van der Waals surface area (Å²) in [5.74, 6) is 6.48. The van der Waals surface area contributed by atoms with Crippen molar-refractivity contribution in [3.8, 4) is 17.6 Å². The molecule has 0 saturated carbocycles. The third-order valence-corrected chi connectivity index (χ3v) is 3.17. The zero-order valence-corrected chi connectivity index (χ0v) is 13.4. The van der Waals surface area contributed by atoms with Gasteiger partial charge in [-0.1, -0.05) is 30.0 Å². The second-order valence-electron chi connectivity index (χ2n) is 4.53. The van der Waals surface area contributed by atoms with Crippen LogP contribution in [0.5, 0.6) is 5.75 Å². The summed E-state index contributed by atoms with van der Waals surface area (Å²) in [5, 5.41) is 5.74. The summed E-state index contributed by atoms with van der Waals surface area (Å²) in [4.78, 5) is 11.9. The number of thiocarbonyl (C=S) groups is 1. The fourth-order valence-corrected chi connectivity index (χ4v) is 1.92. The van der Waals surface area contributed by atoms with E-state index in [4.69, 9.17) is 17.0 Å². The van der Waals surface area contributed by atoms with Gasteiger partial charge in [0.1, 0.15) is 5.75 Å². The van der Waals surface area contributed by atoms with Crippen LogP contribution in [-0.4, -0.2) is 24.7 Å². The van der Waals surface area contributed by atoms with E-state index in [1.807, 2.05) is 30.3 Å². The molecule has 0 aromatic heterocycles. The number of hydrogen-bond donors (Lipinski definition) is 2. The summed E-state index contributed by atoms with van der Waals surface area (Å²) in [6.07, 6.45) is 0. The van der Waals surface area contributed by atoms with Crippen molar-refractivity contribution < 1.29 is 9.53 Å². The van der Waals surface area contributed by atoms with E-state index in [1.54, 1.807) is 31.4 Å². The van der Waals surface area contributed by atoms with Crippen LogP contribution >= 0.6 is 12.2 Å². The first kappa shape index (κ1) is 16.5. The van der Waals surface area contributed by atoms with E-state index in [2.05, 4.69) is 22.5 Å². The summed E-state index contributed by atoms with van der Waals surface area (Å²) in [6.45, 7) is 0.347. The van der Waals surface area contributed by atoms with Crippen LogP contribution < -0.4 is 15.4 Å². The molecule has 0 bridgehead atoms. The topological polar surface area (TPSA) is 50.4 Å². The molecule has 2 aromatic carbocycles. The van der Waals surface area contributed by atoms with E-state index in [0.29, 0.717) is 12.1 Å². The first-order valence-electron chi connectivity index (χ1n) is 6.96. The van der Waals surface area contributed by atoms with Crippen molar-refractivity contribution in [3.05, 3.63) is 65.7 Å². The van der Waals surface area contributed by atoms with Crippen LogP contribution in [0.1, 0.15) is 15.9 Å². The molecule has 0 heterocycles. The van der Waals surface area contributed by atoms with Crippen molar-refractivity contribution in [2.24, 2.45) is 0 Å². The van der Waals surface area contributed by atoms with Gasteiger partial charge in [0.25, 0.3) is 5.91 Å². The molecular weight excluding hydrogens is 308 g/mol. The van der Waals surface area contributed by atoms with Gasteiger partial charge in [0.15, 0.2) is 5.11 Å². The molecule has 5 heteroatoms. The highest BCUT2D eigenvalue weighted by atomic mass is 32.1. The van der Waals surface area contributed by atoms with Crippen molar-refractivity contribution in [3.63, 3.8) is 0 Å². The van der Waals surface area contributed by atoms with Gasteiger partial charge in [-0.2, -0.15) is 0 Å². The molecule has 0 spiro atoms. The Morgan fingerprint density at radius 3 is 2.48 bits per heavy atom. The minimum Gasteiger partial charge on any atom is -0.497 e. The second-order valence-corrected chi connectivity index (χ2v) is 4.94. The van der Waals surface area contributed by atoms with E-state index in [9.17, 15) is 4.79 Å². The highest BCUT2D eigenvalue weighted by molar-refractivity contribution is 7.80. The number of carbonyl (C=O) groups excluding carboxylic acids is 1. The predicted molar refractivity (Wildman–Crippen MR) is 94.4 cm³/mol. The molecule has 0 aliphatic carbocycles. The molecule has 2 aromatic rings. The number of nitrogens with one attached hydrogen (secondary N) is 2. The van der Waals surface area contributed by atoms with Gasteiger partial charge in [-0.15, -0.1) is 0 Å². The number of methoxy groups -OCH3 is 1. The summed E-state index contributed by atoms with van der Waals surface area (Å²) >= 11 is 5.07. The Hall–Kier alpha value is -2.84. The van der Waals surface area contributed by atoms with Gasteiger partial charge < -0.3 is 10.1 Å². The average molecular weight is 324 g/mol. The van der Waals surface area contributed by atoms with Gasteiger partial charge in [0.2, 0.25) is 0 Å². The van der Waals surface area contributed by atoms with Gasteiger partial charge in [-0.05, 0) is 48.6 Å². The predicted octanol–water partition coefficient (Wildman–Crippen LogP) is 2.35. The molecule has 0 unspecified atom stereocenters. The van der Waals surface area contributed by atoms with E-state index in [0.717, 1.165) is 11.3 Å². The lowest BCUT2D eigenvalue weighted by molar-refractivity contribution is 0.0977. The normalized spacial score (nSPS) is 9.26. The lowest BCUT2D eigenvalue weighted by Gasteiger charge is -2.06. The standard InChI is InChI=1S/C18H16N2O2S/c1-22-16-11-9-14(10-12-16)6-5-13-19-18(23)20-17(21)15-7-3-2-4-8-15/h2-4,7-12H,13H2,1H3,(H2,19,20,21,23). The third kappa shape index (κ3) is 5.46. The second kappa shape index (κ2) is 8.57. The smallest absolute Gasteiger partial charge is 0.257 e. The Morgan fingerprint density at radius 1 is 1.13 bits per heavy atom. The summed E-state index contributed by atoms with van der Waals surface area (Å²) in [6, 6.07) is 16.3. The molecule has 0 saturated heterocycles. The first-order valence-corrected chi connectivity index (χ1v) is 7.37. The maximum Gasteiger partial charge on any atom is 0.257 e. The van der Waals surface area contributed by atoms with E-state index >= 15 is 0 Å². The van der Waals surface area contributed by atoms with Crippen LogP contribution in [0.25, 0.3) is 0 Å². The van der Waals surface area contributed by atoms with Crippen molar-refractivity contribution in [1.29, 1.82) is 0 Å². The van der Waals surface area contributed by atoms with Crippen LogP contribution in [-0.2, 0) is 0 Å². The lowest BCUT2D eigenvalue weighted by atomic mass is 10.2. The quantitative estimate of drug-likeness (QED) is 0.672. The summed E-state index contributed by atoms with van der Waals surface area (Å²) < 4.78 is 5.08. The molecule has 1 amide bonds. The van der Waals surface area contributed by atoms with Gasteiger partial charge in [-0.25, -0.2) is 0 Å². The largest absolute Gasteiger partial charge is 0.497 e. The number of hydrogen-bond acceptors (Lipinski definition) is 3. The van der Waals surface area contributed by atoms with Crippen LogP contribution in [0, 0.1) is 11.8 Å². The SMILES string of the molecule is COc1ccc(C#CCNC(=S)NC(=O)c2ccccc2)cc1. The number of carbonyl (C=O) groups is 1. The van der Waals surface area contributed by atoms with E-state index in [1.165, 1.54) is 0 Å². The monoisotopic (exact) mass is 324 g/mol. The molecule has 0 fully saturated rings. The molecule has 0 aliphatic heterocycles. The molecule has 2 N–H and O–H groups in total. The number of amides is 1. The van der Waals surface area contributed by atoms with Gasteiger partial charge in [0, 0.05) is 11.1 Å². The zero-order chi connectivity index (χ0) is 16.5. The van der Waals surface area contributed by atoms with Crippen molar-refractivity contribution in [2.45, 2.75) is 0 Å². The number of ether oxygens (including phenoxy) is 1. The molecular formula is C18H16N2O2S. The molecule has 116 valence electrons. The Kier molecular flexibility index (Phi) is 6.16. The van der Waals surface area contributed by atoms with Crippen molar-refractivity contribution in [2.75, 3.05) is 13.7 Å². The summed E-state index contributed by atoms with van der Waals surface area (Å²) in [7, 11) is 1.62. The minimum absolute atomic E-state index is 0.244. The van der Waals surface area contributed by atoms with Crippen molar-refractivity contribution >= 4 is 23.2 Å². The molecule has 23 heavy (non-hydrogen) atoms. The zero-order valence-electron chi connectivity index (χ0n) is 12.6. The van der Waals surface area contributed by atoms with E-state index < -0.39 is 0 Å². The maximum absolute atomic E-state index is 11.9. The van der Waals surface area contributed by atoms with Crippen molar-refractivity contribution in [1.82, 2.24) is 10.6 Å². The Morgan fingerprint density at radius 2 is 1.83 bits per heavy atom. The van der Waals surface area contributed by atoms with Gasteiger partial charge >= 0.3 is 0 Å². The van der Waals surface area contributed by atoms with Crippen LogP contribution in [0.4, 0.5) is 0 Å². The number of rotatable bonds is 3. The number of benzene rings is 2. The highest BCUT2D eigenvalue weighted by Crippen LogP contribution is 2.09. The maximum atomic E-state index is 11.9. The fraction of sp³-hybridized carbons (Fsp3) is 0.111. The van der Waals surface area contributed by atoms with Crippen LogP contribution in [0.15, 0.2) is 54.6 Å². The first-order chi connectivity index (χ1) is 11.2. The highest BCUT2D eigenvalue weighted by Gasteiger charge is 2.05. The van der Waals surface area contributed by atoms with Gasteiger partial charge in [-0.3, -0.25) is 10.1 Å². The fourth-order valence-electron chi connectivity index (χ4n) is 1.75. The molecule has 0 atom stereocenters. The molecule has 0 radical (unpaired) electrons. The lowest BCUT2D eigenvalue weighted by Crippen LogP contribution is -2.39. The summed E-state index contributed by atoms with van der Waals surface area (Å²) in [5.41, 5.74) is 1.44. The van der Waals surface area contributed by atoms with Crippen LogP contribution in [0.2, 0.25) is 0 Å². The van der Waals surface area contributed by atoms with E-state index in [-0.39, 0.29) is 11.0 Å². The molecule has 0 aliphatic rings. The Balaban J connectivity index is 1.79. The average Bonchev–Trinajstić information content (AvgIpc) is 2.60. The Bertz CT molecular complexity index is 731. The van der Waals surface area contributed by atoms with Gasteiger partial charge in [0.05, 0.1) is 13.7 Å². The molecule has 4 nitrogen and oxygen atoms in total.